The van der Waals surface area contributed by atoms with Crippen LogP contribution in [0.2, 0.25) is 0 Å². The van der Waals surface area contributed by atoms with Gasteiger partial charge in [-0.05, 0) is 61.4 Å². The Kier molecular flexibility index (Phi) is 5.54. The SMILES string of the molecule is Cc1ccc(F)c(NC(=O)c2ccc(C)c(Nc3nc(-c4ccncc4)cs3)c2)c1. The number of nitrogens with one attached hydrogen (secondary N) is 2. The first-order valence-electron chi connectivity index (χ1n) is 9.31. The summed E-state index contributed by atoms with van der Waals surface area (Å²) in [5.74, 6) is -0.843. The topological polar surface area (TPSA) is 66.9 Å². The standard InChI is InChI=1S/C23H19FN4OS/c1-14-3-6-18(24)20(11-14)26-22(29)17-5-4-15(2)19(12-17)27-23-28-21(13-30-23)16-7-9-25-10-8-16/h3-13H,1-2H3,(H,26,29)(H,27,28). The van der Waals surface area contributed by atoms with Gasteiger partial charge in [0.2, 0.25) is 0 Å². The number of pyridine rings is 1. The van der Waals surface area contributed by atoms with Crippen LogP contribution >= 0.6 is 11.3 Å². The van der Waals surface area contributed by atoms with Crippen LogP contribution in [0.5, 0.6) is 0 Å². The van der Waals surface area contributed by atoms with Crippen molar-refractivity contribution in [3.63, 3.8) is 0 Å². The zero-order chi connectivity index (χ0) is 21.1. The molecular formula is C23H19FN4OS. The van der Waals surface area contributed by atoms with Crippen molar-refractivity contribution in [3.8, 4) is 11.3 Å². The minimum atomic E-state index is -0.467. The normalized spacial score (nSPS) is 10.6. The third-order valence-electron chi connectivity index (χ3n) is 4.59. The summed E-state index contributed by atoms with van der Waals surface area (Å²) in [7, 11) is 0. The largest absolute Gasteiger partial charge is 0.331 e. The van der Waals surface area contributed by atoms with Crippen LogP contribution in [0.3, 0.4) is 0 Å². The molecule has 150 valence electrons. The molecule has 0 radical (unpaired) electrons. The first-order valence-corrected chi connectivity index (χ1v) is 10.2. The second-order valence-electron chi connectivity index (χ2n) is 6.87. The Labute approximate surface area is 177 Å². The van der Waals surface area contributed by atoms with Crippen molar-refractivity contribution in [2.45, 2.75) is 13.8 Å². The first-order chi connectivity index (χ1) is 14.5. The second-order valence-corrected chi connectivity index (χ2v) is 7.72. The highest BCUT2D eigenvalue weighted by molar-refractivity contribution is 7.14. The van der Waals surface area contributed by atoms with E-state index in [1.807, 2.05) is 37.4 Å². The predicted molar refractivity (Wildman–Crippen MR) is 119 cm³/mol. The lowest BCUT2D eigenvalue weighted by Crippen LogP contribution is -2.13. The minimum Gasteiger partial charge on any atom is -0.331 e. The average molecular weight is 418 g/mol. The van der Waals surface area contributed by atoms with Crippen molar-refractivity contribution in [3.05, 3.63) is 88.8 Å². The van der Waals surface area contributed by atoms with Crippen molar-refractivity contribution in [2.24, 2.45) is 0 Å². The maximum Gasteiger partial charge on any atom is 0.255 e. The third-order valence-corrected chi connectivity index (χ3v) is 5.35. The molecule has 4 rings (SSSR count). The Morgan fingerprint density at radius 2 is 1.80 bits per heavy atom. The highest BCUT2D eigenvalue weighted by atomic mass is 32.1. The van der Waals surface area contributed by atoms with Crippen LogP contribution in [-0.4, -0.2) is 15.9 Å². The summed E-state index contributed by atoms with van der Waals surface area (Å²) in [6.45, 7) is 3.79. The maximum absolute atomic E-state index is 14.0. The Hall–Kier alpha value is -3.58. The number of aromatic nitrogens is 2. The van der Waals surface area contributed by atoms with Gasteiger partial charge in [-0.1, -0.05) is 12.1 Å². The number of aryl methyl sites for hydroxylation is 2. The zero-order valence-corrected chi connectivity index (χ0v) is 17.3. The van der Waals surface area contributed by atoms with Crippen LogP contribution < -0.4 is 10.6 Å². The van der Waals surface area contributed by atoms with Gasteiger partial charge in [-0.3, -0.25) is 9.78 Å². The molecule has 0 aliphatic carbocycles. The molecule has 1 amide bonds. The van der Waals surface area contributed by atoms with Gasteiger partial charge < -0.3 is 10.6 Å². The molecule has 0 atom stereocenters. The molecule has 30 heavy (non-hydrogen) atoms. The Morgan fingerprint density at radius 1 is 1.00 bits per heavy atom. The van der Waals surface area contributed by atoms with E-state index in [1.165, 1.54) is 17.4 Å². The fourth-order valence-corrected chi connectivity index (χ4v) is 3.66. The van der Waals surface area contributed by atoms with E-state index in [9.17, 15) is 9.18 Å². The summed E-state index contributed by atoms with van der Waals surface area (Å²) >= 11 is 1.48. The highest BCUT2D eigenvalue weighted by Crippen LogP contribution is 2.29. The van der Waals surface area contributed by atoms with Crippen molar-refractivity contribution < 1.29 is 9.18 Å². The number of benzene rings is 2. The van der Waals surface area contributed by atoms with Gasteiger partial charge in [-0.15, -0.1) is 11.3 Å². The van der Waals surface area contributed by atoms with E-state index in [2.05, 4.69) is 20.6 Å². The van der Waals surface area contributed by atoms with E-state index in [-0.39, 0.29) is 11.6 Å². The van der Waals surface area contributed by atoms with Gasteiger partial charge in [0.1, 0.15) is 5.82 Å². The molecule has 2 heterocycles. The van der Waals surface area contributed by atoms with E-state index in [1.54, 1.807) is 36.7 Å². The van der Waals surface area contributed by atoms with E-state index in [0.717, 1.165) is 28.1 Å². The molecule has 0 bridgehead atoms. The fourth-order valence-electron chi connectivity index (χ4n) is 2.93. The number of rotatable bonds is 5. The third kappa shape index (κ3) is 4.36. The quantitative estimate of drug-likeness (QED) is 0.420. The predicted octanol–water partition coefficient (Wildman–Crippen LogP) is 5.96. The molecule has 7 heteroatoms. The van der Waals surface area contributed by atoms with E-state index >= 15 is 0 Å². The summed E-state index contributed by atoms with van der Waals surface area (Å²) in [6, 6.07) is 13.7. The number of anilines is 3. The molecule has 2 aromatic heterocycles. The van der Waals surface area contributed by atoms with Crippen molar-refractivity contribution in [1.82, 2.24) is 9.97 Å². The lowest BCUT2D eigenvalue weighted by molar-refractivity contribution is 0.102. The van der Waals surface area contributed by atoms with Crippen LogP contribution in [0.1, 0.15) is 21.5 Å². The summed E-state index contributed by atoms with van der Waals surface area (Å²) in [4.78, 5) is 21.3. The van der Waals surface area contributed by atoms with Gasteiger partial charge >= 0.3 is 0 Å². The van der Waals surface area contributed by atoms with Crippen LogP contribution in [0.4, 0.5) is 20.9 Å². The molecule has 2 aromatic carbocycles. The van der Waals surface area contributed by atoms with Gasteiger partial charge in [0, 0.05) is 34.6 Å². The maximum atomic E-state index is 14.0. The van der Waals surface area contributed by atoms with Crippen LogP contribution in [-0.2, 0) is 0 Å². The van der Waals surface area contributed by atoms with E-state index in [0.29, 0.717) is 10.7 Å². The summed E-state index contributed by atoms with van der Waals surface area (Å²) in [5.41, 5.74) is 5.03. The fraction of sp³-hybridized carbons (Fsp3) is 0.0870. The molecule has 0 saturated carbocycles. The van der Waals surface area contributed by atoms with Crippen molar-refractivity contribution in [1.29, 1.82) is 0 Å². The molecule has 0 unspecified atom stereocenters. The number of carbonyl (C=O) groups excluding carboxylic acids is 1. The van der Waals surface area contributed by atoms with E-state index in [4.69, 9.17) is 0 Å². The lowest BCUT2D eigenvalue weighted by Gasteiger charge is -2.11. The summed E-state index contributed by atoms with van der Waals surface area (Å²) in [5, 5.41) is 8.60. The Balaban J connectivity index is 1.54. The number of amides is 1. The van der Waals surface area contributed by atoms with Gasteiger partial charge in [0.05, 0.1) is 11.4 Å². The number of carbonyl (C=O) groups is 1. The molecule has 0 saturated heterocycles. The van der Waals surface area contributed by atoms with Gasteiger partial charge in [0.15, 0.2) is 5.13 Å². The molecule has 2 N–H and O–H groups in total. The first kappa shape index (κ1) is 19.7. The van der Waals surface area contributed by atoms with E-state index < -0.39 is 5.82 Å². The molecule has 0 aliphatic heterocycles. The highest BCUT2D eigenvalue weighted by Gasteiger charge is 2.12. The molecular weight excluding hydrogens is 399 g/mol. The molecule has 0 spiro atoms. The van der Waals surface area contributed by atoms with Gasteiger partial charge in [0.25, 0.3) is 5.91 Å². The number of thiazole rings is 1. The molecule has 0 fully saturated rings. The number of hydrogen-bond donors (Lipinski definition) is 2. The van der Waals surface area contributed by atoms with Gasteiger partial charge in [-0.25, -0.2) is 9.37 Å². The van der Waals surface area contributed by atoms with Crippen LogP contribution in [0, 0.1) is 19.7 Å². The number of halogens is 1. The molecule has 0 aliphatic rings. The van der Waals surface area contributed by atoms with Crippen LogP contribution in [0.25, 0.3) is 11.3 Å². The Bertz CT molecular complexity index is 1210. The second kappa shape index (κ2) is 8.42. The number of nitrogens with zero attached hydrogens (tertiary/aromatic N) is 2. The zero-order valence-electron chi connectivity index (χ0n) is 16.4. The minimum absolute atomic E-state index is 0.164. The molecule has 4 aromatic rings. The van der Waals surface area contributed by atoms with Gasteiger partial charge in [-0.2, -0.15) is 0 Å². The van der Waals surface area contributed by atoms with Crippen molar-refractivity contribution in [2.75, 3.05) is 10.6 Å². The van der Waals surface area contributed by atoms with Crippen LogP contribution in [0.15, 0.2) is 66.3 Å². The monoisotopic (exact) mass is 418 g/mol. The molecule has 5 nitrogen and oxygen atoms in total. The Morgan fingerprint density at radius 3 is 2.60 bits per heavy atom. The number of hydrogen-bond acceptors (Lipinski definition) is 5. The van der Waals surface area contributed by atoms with Crippen molar-refractivity contribution >= 4 is 33.8 Å². The average Bonchev–Trinajstić information content (AvgIpc) is 3.21. The lowest BCUT2D eigenvalue weighted by atomic mass is 10.1. The summed E-state index contributed by atoms with van der Waals surface area (Å²) < 4.78 is 14.0. The smallest absolute Gasteiger partial charge is 0.255 e. The summed E-state index contributed by atoms with van der Waals surface area (Å²) in [6.07, 6.45) is 3.45.